The van der Waals surface area contributed by atoms with Gasteiger partial charge in [-0.2, -0.15) is 4.31 Å². The predicted molar refractivity (Wildman–Crippen MR) is 75.5 cm³/mol. The van der Waals surface area contributed by atoms with Gasteiger partial charge in [0, 0.05) is 13.1 Å². The standard InChI is InChI=1S/C13H16ClNO4S/c1-8(9-3-4-9)15(2)20(18,19)12-7-10(13(16)17)5-6-11(12)14/h5-9H,3-4H2,1-2H3,(H,16,17). The van der Waals surface area contributed by atoms with Crippen molar-refractivity contribution in [3.63, 3.8) is 0 Å². The first-order valence-corrected chi connectivity index (χ1v) is 8.08. The van der Waals surface area contributed by atoms with Crippen molar-refractivity contribution in [1.29, 1.82) is 0 Å². The molecule has 1 aromatic rings. The lowest BCUT2D eigenvalue weighted by Crippen LogP contribution is -2.36. The van der Waals surface area contributed by atoms with Gasteiger partial charge in [0.2, 0.25) is 10.0 Å². The molecule has 0 heterocycles. The van der Waals surface area contributed by atoms with Crippen LogP contribution in [0.1, 0.15) is 30.1 Å². The summed E-state index contributed by atoms with van der Waals surface area (Å²) in [6.45, 7) is 1.85. The van der Waals surface area contributed by atoms with Gasteiger partial charge in [0.15, 0.2) is 0 Å². The lowest BCUT2D eigenvalue weighted by molar-refractivity contribution is 0.0696. The van der Waals surface area contributed by atoms with Crippen LogP contribution in [0.25, 0.3) is 0 Å². The van der Waals surface area contributed by atoms with Gasteiger partial charge in [-0.15, -0.1) is 0 Å². The number of hydrogen-bond donors (Lipinski definition) is 1. The molecule has 1 fully saturated rings. The van der Waals surface area contributed by atoms with Crippen molar-refractivity contribution in [2.75, 3.05) is 7.05 Å². The fourth-order valence-electron chi connectivity index (χ4n) is 2.08. The minimum atomic E-state index is -3.79. The highest BCUT2D eigenvalue weighted by molar-refractivity contribution is 7.89. The summed E-state index contributed by atoms with van der Waals surface area (Å²) in [7, 11) is -2.29. The van der Waals surface area contributed by atoms with Crippen LogP contribution in [0.3, 0.4) is 0 Å². The molecule has 1 unspecified atom stereocenters. The van der Waals surface area contributed by atoms with Crippen LogP contribution in [0, 0.1) is 5.92 Å². The number of rotatable bonds is 5. The Bertz CT molecular complexity index is 640. The molecule has 1 atom stereocenters. The van der Waals surface area contributed by atoms with Gasteiger partial charge in [-0.25, -0.2) is 13.2 Å². The molecule has 110 valence electrons. The maximum atomic E-state index is 12.6. The van der Waals surface area contributed by atoms with Crippen LogP contribution in [-0.2, 0) is 10.0 Å². The lowest BCUT2D eigenvalue weighted by Gasteiger charge is -2.24. The van der Waals surface area contributed by atoms with E-state index in [0.29, 0.717) is 5.92 Å². The number of carbonyl (C=O) groups is 1. The van der Waals surface area contributed by atoms with E-state index in [0.717, 1.165) is 18.9 Å². The molecule has 0 aromatic heterocycles. The lowest BCUT2D eigenvalue weighted by atomic mass is 10.2. The van der Waals surface area contributed by atoms with Gasteiger partial charge in [0.1, 0.15) is 4.90 Å². The third-order valence-corrected chi connectivity index (χ3v) is 6.14. The summed E-state index contributed by atoms with van der Waals surface area (Å²) in [4.78, 5) is 10.8. The van der Waals surface area contributed by atoms with Crippen LogP contribution in [-0.4, -0.2) is 36.9 Å². The smallest absolute Gasteiger partial charge is 0.335 e. The number of hydrogen-bond acceptors (Lipinski definition) is 3. The van der Waals surface area contributed by atoms with E-state index in [1.54, 1.807) is 0 Å². The summed E-state index contributed by atoms with van der Waals surface area (Å²) in [6, 6.07) is 3.57. The molecule has 1 saturated carbocycles. The first-order chi connectivity index (χ1) is 9.25. The second-order valence-electron chi connectivity index (χ2n) is 5.05. The van der Waals surface area contributed by atoms with Gasteiger partial charge < -0.3 is 5.11 Å². The molecule has 20 heavy (non-hydrogen) atoms. The third-order valence-electron chi connectivity index (χ3n) is 3.71. The van der Waals surface area contributed by atoms with E-state index in [4.69, 9.17) is 16.7 Å². The zero-order valence-corrected chi connectivity index (χ0v) is 12.8. The summed E-state index contributed by atoms with van der Waals surface area (Å²) >= 11 is 5.93. The van der Waals surface area contributed by atoms with Gasteiger partial charge in [0.05, 0.1) is 10.6 Å². The number of halogens is 1. The molecule has 1 aliphatic carbocycles. The number of nitrogens with zero attached hydrogens (tertiary/aromatic N) is 1. The first-order valence-electron chi connectivity index (χ1n) is 6.26. The molecular formula is C13H16ClNO4S. The minimum absolute atomic E-state index is 0.0323. The van der Waals surface area contributed by atoms with E-state index in [1.165, 1.54) is 23.5 Å². The Hall–Kier alpha value is -1.11. The quantitative estimate of drug-likeness (QED) is 0.905. The fraction of sp³-hybridized carbons (Fsp3) is 0.462. The molecule has 0 bridgehead atoms. The molecule has 0 aliphatic heterocycles. The Balaban J connectivity index is 2.42. The molecule has 2 rings (SSSR count). The molecule has 0 saturated heterocycles. The van der Waals surface area contributed by atoms with E-state index >= 15 is 0 Å². The highest BCUT2D eigenvalue weighted by Gasteiger charge is 2.36. The van der Waals surface area contributed by atoms with Crippen LogP contribution in [0.2, 0.25) is 5.02 Å². The topological polar surface area (TPSA) is 74.7 Å². The number of carboxylic acids is 1. The van der Waals surface area contributed by atoms with Gasteiger partial charge in [-0.05, 0) is 43.9 Å². The maximum Gasteiger partial charge on any atom is 0.335 e. The summed E-state index contributed by atoms with van der Waals surface area (Å²) in [5.74, 6) is -0.813. The number of sulfonamides is 1. The van der Waals surface area contributed by atoms with E-state index in [1.807, 2.05) is 6.92 Å². The summed E-state index contributed by atoms with van der Waals surface area (Å²) in [5.41, 5.74) is -0.0968. The van der Waals surface area contributed by atoms with Crippen LogP contribution in [0.15, 0.2) is 23.1 Å². The minimum Gasteiger partial charge on any atom is -0.478 e. The Morgan fingerprint density at radius 1 is 1.45 bits per heavy atom. The van der Waals surface area contributed by atoms with Crippen LogP contribution >= 0.6 is 11.6 Å². The molecule has 5 nitrogen and oxygen atoms in total. The number of carboxylic acid groups (broad SMARTS) is 1. The normalized spacial score (nSPS) is 17.2. The molecule has 0 amide bonds. The van der Waals surface area contributed by atoms with E-state index in [9.17, 15) is 13.2 Å². The summed E-state index contributed by atoms with van der Waals surface area (Å²) < 4.78 is 26.4. The monoisotopic (exact) mass is 317 g/mol. The average Bonchev–Trinajstić information content (AvgIpc) is 3.21. The van der Waals surface area contributed by atoms with E-state index in [-0.39, 0.29) is 21.5 Å². The van der Waals surface area contributed by atoms with Gasteiger partial charge in [0.25, 0.3) is 0 Å². The molecule has 0 radical (unpaired) electrons. The summed E-state index contributed by atoms with van der Waals surface area (Å²) in [6.07, 6.45) is 2.04. The fourth-order valence-corrected chi connectivity index (χ4v) is 4.00. The Morgan fingerprint density at radius 2 is 2.05 bits per heavy atom. The maximum absolute atomic E-state index is 12.6. The Morgan fingerprint density at radius 3 is 2.55 bits per heavy atom. The SMILES string of the molecule is CC(C1CC1)N(C)S(=O)(=O)c1cc(C(=O)O)ccc1Cl. The molecular weight excluding hydrogens is 302 g/mol. The van der Waals surface area contributed by atoms with Crippen molar-refractivity contribution in [3.05, 3.63) is 28.8 Å². The zero-order chi connectivity index (χ0) is 15.1. The zero-order valence-electron chi connectivity index (χ0n) is 11.2. The predicted octanol–water partition coefficient (Wildman–Crippen LogP) is 2.46. The van der Waals surface area contributed by atoms with Crippen LogP contribution < -0.4 is 0 Å². The molecule has 7 heteroatoms. The molecule has 0 spiro atoms. The van der Waals surface area contributed by atoms with Crippen molar-refractivity contribution in [3.8, 4) is 0 Å². The first kappa shape index (κ1) is 15.3. The second-order valence-corrected chi connectivity index (χ2v) is 7.42. The highest BCUT2D eigenvalue weighted by Crippen LogP contribution is 2.37. The second kappa shape index (κ2) is 5.35. The summed E-state index contributed by atoms with van der Waals surface area (Å²) in [5, 5.41) is 8.99. The number of aromatic carboxylic acids is 1. The van der Waals surface area contributed by atoms with Crippen molar-refractivity contribution in [2.24, 2.45) is 5.92 Å². The average molecular weight is 318 g/mol. The van der Waals surface area contributed by atoms with Gasteiger partial charge in [-0.1, -0.05) is 11.6 Å². The van der Waals surface area contributed by atoms with Crippen LogP contribution in [0.4, 0.5) is 0 Å². The van der Waals surface area contributed by atoms with Crippen molar-refractivity contribution in [1.82, 2.24) is 4.31 Å². The van der Waals surface area contributed by atoms with Crippen molar-refractivity contribution < 1.29 is 18.3 Å². The van der Waals surface area contributed by atoms with Crippen molar-refractivity contribution in [2.45, 2.75) is 30.7 Å². The van der Waals surface area contributed by atoms with Crippen molar-refractivity contribution >= 4 is 27.6 Å². The van der Waals surface area contributed by atoms with Gasteiger partial charge in [-0.3, -0.25) is 0 Å². The highest BCUT2D eigenvalue weighted by atomic mass is 35.5. The van der Waals surface area contributed by atoms with E-state index < -0.39 is 16.0 Å². The molecule has 1 aliphatic rings. The molecule has 1 aromatic carbocycles. The molecule has 1 N–H and O–H groups in total. The van der Waals surface area contributed by atoms with Gasteiger partial charge >= 0.3 is 5.97 Å². The Labute approximate surface area is 123 Å². The van der Waals surface area contributed by atoms with E-state index in [2.05, 4.69) is 0 Å². The third kappa shape index (κ3) is 2.82. The Kier molecular flexibility index (Phi) is 4.09. The number of benzene rings is 1. The largest absolute Gasteiger partial charge is 0.478 e. The van der Waals surface area contributed by atoms with Crippen LogP contribution in [0.5, 0.6) is 0 Å².